The van der Waals surface area contributed by atoms with E-state index in [2.05, 4.69) is 6.92 Å². The van der Waals surface area contributed by atoms with E-state index < -0.39 is 0 Å². The van der Waals surface area contributed by atoms with E-state index in [0.29, 0.717) is 6.10 Å². The van der Waals surface area contributed by atoms with Crippen LogP contribution in [-0.4, -0.2) is 37.5 Å². The van der Waals surface area contributed by atoms with E-state index in [-0.39, 0.29) is 11.6 Å². The Morgan fingerprint density at radius 1 is 0.583 bits per heavy atom. The molecule has 0 aromatic rings. The van der Waals surface area contributed by atoms with Gasteiger partial charge >= 0.3 is 0 Å². The Labute approximate surface area is 147 Å². The van der Waals surface area contributed by atoms with Crippen molar-refractivity contribution in [3.8, 4) is 0 Å². The summed E-state index contributed by atoms with van der Waals surface area (Å²) in [7, 11) is 0. The fourth-order valence-electron chi connectivity index (χ4n) is 4.40. The first-order chi connectivity index (χ1) is 11.7. The Bertz CT molecular complexity index is 330. The van der Waals surface area contributed by atoms with Crippen LogP contribution in [0.1, 0.15) is 90.4 Å². The molecule has 4 aliphatic rings. The van der Waals surface area contributed by atoms with Crippen molar-refractivity contribution in [3.63, 3.8) is 0 Å². The van der Waals surface area contributed by atoms with Gasteiger partial charge in [0.25, 0.3) is 0 Å². The molecule has 4 nitrogen and oxygen atoms in total. The molecular weight excluding hydrogens is 304 g/mol. The third-order valence-corrected chi connectivity index (χ3v) is 5.79. The third-order valence-electron chi connectivity index (χ3n) is 5.79. The van der Waals surface area contributed by atoms with Crippen LogP contribution in [0.15, 0.2) is 0 Å². The minimum atomic E-state index is -0.171. The van der Waals surface area contributed by atoms with Crippen molar-refractivity contribution in [1.29, 1.82) is 0 Å². The molecule has 3 atom stereocenters. The molecule has 0 bridgehead atoms. The molecule has 3 unspecified atom stereocenters. The van der Waals surface area contributed by atoms with E-state index >= 15 is 0 Å². The second kappa shape index (κ2) is 8.98. The largest absolute Gasteiger partial charge is 0.350 e. The molecular formula is C20H36O4. The lowest BCUT2D eigenvalue weighted by Crippen LogP contribution is -2.44. The van der Waals surface area contributed by atoms with Gasteiger partial charge in [0.05, 0.1) is 25.9 Å². The van der Waals surface area contributed by atoms with Gasteiger partial charge < -0.3 is 18.9 Å². The first-order valence-corrected chi connectivity index (χ1v) is 10.3. The second-order valence-electron chi connectivity index (χ2n) is 7.91. The summed E-state index contributed by atoms with van der Waals surface area (Å²) in [5, 5.41) is 0. The summed E-state index contributed by atoms with van der Waals surface area (Å²) in [4.78, 5) is 0. The molecule has 0 N–H and O–H groups in total. The van der Waals surface area contributed by atoms with Crippen LogP contribution in [0.25, 0.3) is 0 Å². The number of hydrogen-bond acceptors (Lipinski definition) is 4. The molecule has 4 heterocycles. The topological polar surface area (TPSA) is 36.9 Å². The van der Waals surface area contributed by atoms with Crippen LogP contribution in [-0.2, 0) is 18.9 Å². The minimum Gasteiger partial charge on any atom is -0.350 e. The van der Waals surface area contributed by atoms with E-state index in [4.69, 9.17) is 18.9 Å². The van der Waals surface area contributed by atoms with Gasteiger partial charge in [-0.15, -0.1) is 0 Å². The second-order valence-corrected chi connectivity index (χ2v) is 7.91. The van der Waals surface area contributed by atoms with Crippen molar-refractivity contribution in [1.82, 2.24) is 0 Å². The van der Waals surface area contributed by atoms with Crippen LogP contribution in [0.5, 0.6) is 0 Å². The Hall–Kier alpha value is -0.160. The van der Waals surface area contributed by atoms with Crippen molar-refractivity contribution in [2.24, 2.45) is 0 Å². The summed E-state index contributed by atoms with van der Waals surface area (Å²) in [5.41, 5.74) is 0. The SMILES string of the molecule is C1CCOC2(CC1)CCCCO2.CC1CCCC2(CCCCO2)O1. The van der Waals surface area contributed by atoms with Gasteiger partial charge in [0, 0.05) is 25.7 Å². The fourth-order valence-corrected chi connectivity index (χ4v) is 4.40. The highest BCUT2D eigenvalue weighted by molar-refractivity contribution is 4.79. The molecule has 4 aliphatic heterocycles. The quantitative estimate of drug-likeness (QED) is 0.625. The average Bonchev–Trinajstić information content (AvgIpc) is 2.82. The Balaban J connectivity index is 0.000000141. The molecule has 4 saturated heterocycles. The monoisotopic (exact) mass is 340 g/mol. The van der Waals surface area contributed by atoms with Gasteiger partial charge in [0.2, 0.25) is 0 Å². The summed E-state index contributed by atoms with van der Waals surface area (Å²) in [6.07, 6.45) is 16.1. The van der Waals surface area contributed by atoms with E-state index in [1.54, 1.807) is 0 Å². The molecule has 24 heavy (non-hydrogen) atoms. The van der Waals surface area contributed by atoms with E-state index in [1.165, 1.54) is 57.8 Å². The summed E-state index contributed by atoms with van der Waals surface area (Å²) in [6.45, 7) is 4.85. The third kappa shape index (κ3) is 5.17. The highest BCUT2D eigenvalue weighted by Gasteiger charge is 2.38. The summed E-state index contributed by atoms with van der Waals surface area (Å²) >= 11 is 0. The van der Waals surface area contributed by atoms with Crippen molar-refractivity contribution < 1.29 is 18.9 Å². The van der Waals surface area contributed by atoms with Crippen LogP contribution in [0.3, 0.4) is 0 Å². The van der Waals surface area contributed by atoms with Crippen molar-refractivity contribution in [2.45, 2.75) is 108 Å². The maximum atomic E-state index is 5.89. The van der Waals surface area contributed by atoms with Crippen molar-refractivity contribution in [3.05, 3.63) is 0 Å². The fraction of sp³-hybridized carbons (Fsp3) is 1.00. The maximum absolute atomic E-state index is 5.89. The van der Waals surface area contributed by atoms with Crippen LogP contribution >= 0.6 is 0 Å². The summed E-state index contributed by atoms with van der Waals surface area (Å²) in [6, 6.07) is 0. The smallest absolute Gasteiger partial charge is 0.168 e. The predicted octanol–water partition coefficient (Wildman–Crippen LogP) is 4.95. The van der Waals surface area contributed by atoms with Gasteiger partial charge in [-0.3, -0.25) is 0 Å². The van der Waals surface area contributed by atoms with Gasteiger partial charge in [-0.05, 0) is 58.3 Å². The van der Waals surface area contributed by atoms with Crippen molar-refractivity contribution >= 4 is 0 Å². The van der Waals surface area contributed by atoms with E-state index in [1.807, 2.05) is 0 Å². The Morgan fingerprint density at radius 3 is 1.71 bits per heavy atom. The zero-order chi connectivity index (χ0) is 16.7. The normalized spacial score (nSPS) is 40.6. The number of rotatable bonds is 0. The van der Waals surface area contributed by atoms with Gasteiger partial charge in [-0.25, -0.2) is 0 Å². The standard InChI is InChI=1S/2C10H18O2/c1-9-5-4-7-10(12-9)6-2-3-8-11-10;1-2-6-10(11-8-4-1)7-3-5-9-12-10/h9H,2-8H2,1H3;1-9H2. The van der Waals surface area contributed by atoms with Gasteiger partial charge in [-0.2, -0.15) is 0 Å². The highest BCUT2D eigenvalue weighted by atomic mass is 16.7. The van der Waals surface area contributed by atoms with Crippen LogP contribution < -0.4 is 0 Å². The summed E-state index contributed by atoms with van der Waals surface area (Å²) in [5.74, 6) is -0.329. The number of hydrogen-bond donors (Lipinski definition) is 0. The molecule has 0 aromatic carbocycles. The van der Waals surface area contributed by atoms with Gasteiger partial charge in [0.15, 0.2) is 11.6 Å². The lowest BCUT2D eigenvalue weighted by Gasteiger charge is -2.42. The minimum absolute atomic E-state index is 0.158. The molecule has 0 aliphatic carbocycles. The van der Waals surface area contributed by atoms with Crippen LogP contribution in [0, 0.1) is 0 Å². The van der Waals surface area contributed by atoms with Crippen LogP contribution in [0.2, 0.25) is 0 Å². The lowest BCUT2D eigenvalue weighted by molar-refractivity contribution is -0.291. The summed E-state index contributed by atoms with van der Waals surface area (Å²) < 4.78 is 23.2. The molecule has 4 rings (SSSR count). The molecule has 0 radical (unpaired) electrons. The molecule has 140 valence electrons. The molecule has 0 aromatic heterocycles. The van der Waals surface area contributed by atoms with Gasteiger partial charge in [-0.1, -0.05) is 6.42 Å². The zero-order valence-corrected chi connectivity index (χ0v) is 15.5. The van der Waals surface area contributed by atoms with Crippen molar-refractivity contribution in [2.75, 3.05) is 19.8 Å². The maximum Gasteiger partial charge on any atom is 0.168 e. The average molecular weight is 341 g/mol. The number of ether oxygens (including phenoxy) is 4. The zero-order valence-electron chi connectivity index (χ0n) is 15.5. The first kappa shape index (κ1) is 18.6. The molecule has 0 amide bonds. The first-order valence-electron chi connectivity index (χ1n) is 10.3. The highest BCUT2D eigenvalue weighted by Crippen LogP contribution is 2.36. The molecule has 4 heteroatoms. The molecule has 0 saturated carbocycles. The predicted molar refractivity (Wildman–Crippen MR) is 93.9 cm³/mol. The van der Waals surface area contributed by atoms with E-state index in [0.717, 1.165) is 45.5 Å². The lowest BCUT2D eigenvalue weighted by atomic mass is 9.95. The molecule has 4 fully saturated rings. The Kier molecular flexibility index (Phi) is 6.97. The van der Waals surface area contributed by atoms with E-state index in [9.17, 15) is 0 Å². The van der Waals surface area contributed by atoms with Gasteiger partial charge in [0.1, 0.15) is 0 Å². The van der Waals surface area contributed by atoms with Crippen LogP contribution in [0.4, 0.5) is 0 Å². The Morgan fingerprint density at radius 2 is 1.08 bits per heavy atom. The molecule has 2 spiro atoms.